The number of nitrogens with two attached hydrogens (primary N) is 1. The van der Waals surface area contributed by atoms with E-state index < -0.39 is 0 Å². The molecule has 1 saturated heterocycles. The maximum absolute atomic E-state index is 5.67. The first-order chi connectivity index (χ1) is 6.77. The highest BCUT2D eigenvalue weighted by atomic mass is 16.5. The molecule has 0 radical (unpaired) electrons. The second-order valence-corrected chi connectivity index (χ2v) is 4.35. The molecule has 2 N–H and O–H groups in total. The minimum Gasteiger partial charge on any atom is -0.385 e. The fraction of sp³-hybridized carbons (Fsp3) is 1.00. The van der Waals surface area contributed by atoms with E-state index in [1.807, 2.05) is 0 Å². The SMILES string of the molecule is COCCC(C)N1CCC(CN)CC1. The van der Waals surface area contributed by atoms with Crippen LogP contribution in [-0.2, 0) is 4.74 Å². The standard InChI is InChI=1S/C11H24N2O/c1-10(5-8-14-2)13-6-3-11(9-12)4-7-13/h10-11H,3-9,12H2,1-2H3. The normalized spacial score (nSPS) is 22.5. The summed E-state index contributed by atoms with van der Waals surface area (Å²) in [4.78, 5) is 2.56. The van der Waals surface area contributed by atoms with Crippen molar-refractivity contribution in [1.29, 1.82) is 0 Å². The maximum atomic E-state index is 5.67. The largest absolute Gasteiger partial charge is 0.385 e. The molecule has 0 aromatic rings. The Morgan fingerprint density at radius 2 is 2.07 bits per heavy atom. The molecular formula is C11H24N2O. The van der Waals surface area contributed by atoms with Crippen LogP contribution in [0.1, 0.15) is 26.2 Å². The molecule has 1 fully saturated rings. The van der Waals surface area contributed by atoms with E-state index in [0.29, 0.717) is 6.04 Å². The van der Waals surface area contributed by atoms with Gasteiger partial charge in [0.1, 0.15) is 0 Å². The van der Waals surface area contributed by atoms with Gasteiger partial charge in [-0.3, -0.25) is 0 Å². The van der Waals surface area contributed by atoms with Crippen LogP contribution >= 0.6 is 0 Å². The first-order valence-electron chi connectivity index (χ1n) is 5.71. The number of likely N-dealkylation sites (tertiary alicyclic amines) is 1. The van der Waals surface area contributed by atoms with E-state index in [1.54, 1.807) is 7.11 Å². The summed E-state index contributed by atoms with van der Waals surface area (Å²) in [5.41, 5.74) is 5.67. The molecule has 1 atom stereocenters. The Balaban J connectivity index is 2.19. The van der Waals surface area contributed by atoms with E-state index in [9.17, 15) is 0 Å². The maximum Gasteiger partial charge on any atom is 0.0477 e. The summed E-state index contributed by atoms with van der Waals surface area (Å²) in [6.07, 6.45) is 3.69. The van der Waals surface area contributed by atoms with Gasteiger partial charge >= 0.3 is 0 Å². The third-order valence-corrected chi connectivity index (χ3v) is 3.35. The van der Waals surface area contributed by atoms with Gasteiger partial charge in [-0.2, -0.15) is 0 Å². The van der Waals surface area contributed by atoms with Gasteiger partial charge in [-0.25, -0.2) is 0 Å². The lowest BCUT2D eigenvalue weighted by Crippen LogP contribution is -2.41. The fourth-order valence-corrected chi connectivity index (χ4v) is 2.10. The van der Waals surface area contributed by atoms with E-state index in [-0.39, 0.29) is 0 Å². The lowest BCUT2D eigenvalue weighted by molar-refractivity contribution is 0.108. The summed E-state index contributed by atoms with van der Waals surface area (Å²) in [6.45, 7) is 6.46. The zero-order chi connectivity index (χ0) is 10.4. The lowest BCUT2D eigenvalue weighted by atomic mass is 9.96. The number of ether oxygens (including phenoxy) is 1. The van der Waals surface area contributed by atoms with Crippen LogP contribution in [-0.4, -0.2) is 44.3 Å². The Morgan fingerprint density at radius 1 is 1.43 bits per heavy atom. The zero-order valence-electron chi connectivity index (χ0n) is 9.54. The fourth-order valence-electron chi connectivity index (χ4n) is 2.10. The molecule has 0 aromatic heterocycles. The van der Waals surface area contributed by atoms with Crippen LogP contribution in [0.25, 0.3) is 0 Å². The van der Waals surface area contributed by atoms with Crippen LogP contribution in [0, 0.1) is 5.92 Å². The molecule has 1 heterocycles. The van der Waals surface area contributed by atoms with Crippen molar-refractivity contribution in [3.63, 3.8) is 0 Å². The summed E-state index contributed by atoms with van der Waals surface area (Å²) in [7, 11) is 1.77. The minimum atomic E-state index is 0.661. The van der Waals surface area contributed by atoms with Crippen LogP contribution in [0.4, 0.5) is 0 Å². The van der Waals surface area contributed by atoms with Gasteiger partial charge in [0.05, 0.1) is 0 Å². The highest BCUT2D eigenvalue weighted by molar-refractivity contribution is 4.76. The average molecular weight is 200 g/mol. The minimum absolute atomic E-state index is 0.661. The van der Waals surface area contributed by atoms with E-state index in [4.69, 9.17) is 10.5 Å². The predicted molar refractivity (Wildman–Crippen MR) is 59.3 cm³/mol. The van der Waals surface area contributed by atoms with Crippen molar-refractivity contribution in [2.24, 2.45) is 11.7 Å². The lowest BCUT2D eigenvalue weighted by Gasteiger charge is -2.35. The molecule has 1 aliphatic rings. The van der Waals surface area contributed by atoms with Crippen LogP contribution in [0.3, 0.4) is 0 Å². The molecule has 1 rings (SSSR count). The van der Waals surface area contributed by atoms with Gasteiger partial charge < -0.3 is 15.4 Å². The van der Waals surface area contributed by atoms with Crippen molar-refractivity contribution < 1.29 is 4.74 Å². The molecule has 0 bridgehead atoms. The molecular weight excluding hydrogens is 176 g/mol. The highest BCUT2D eigenvalue weighted by Gasteiger charge is 2.21. The smallest absolute Gasteiger partial charge is 0.0477 e. The van der Waals surface area contributed by atoms with Crippen LogP contribution < -0.4 is 5.73 Å². The Kier molecular flexibility index (Phi) is 5.45. The van der Waals surface area contributed by atoms with Crippen molar-refractivity contribution >= 4 is 0 Å². The molecule has 3 heteroatoms. The average Bonchev–Trinajstić information content (AvgIpc) is 2.26. The molecule has 1 unspecified atom stereocenters. The molecule has 14 heavy (non-hydrogen) atoms. The molecule has 1 aliphatic heterocycles. The third-order valence-electron chi connectivity index (χ3n) is 3.35. The van der Waals surface area contributed by atoms with Gasteiger partial charge in [-0.1, -0.05) is 0 Å². The molecule has 84 valence electrons. The van der Waals surface area contributed by atoms with Gasteiger partial charge in [-0.05, 0) is 51.7 Å². The second-order valence-electron chi connectivity index (χ2n) is 4.35. The summed E-state index contributed by atoms with van der Waals surface area (Å²) in [5, 5.41) is 0. The number of hydrogen-bond acceptors (Lipinski definition) is 3. The summed E-state index contributed by atoms with van der Waals surface area (Å²) in [5.74, 6) is 0.765. The Morgan fingerprint density at radius 3 is 2.57 bits per heavy atom. The number of hydrogen-bond donors (Lipinski definition) is 1. The number of nitrogens with zero attached hydrogens (tertiary/aromatic N) is 1. The van der Waals surface area contributed by atoms with Gasteiger partial charge in [0, 0.05) is 19.8 Å². The van der Waals surface area contributed by atoms with Crippen molar-refractivity contribution in [3.8, 4) is 0 Å². The van der Waals surface area contributed by atoms with Gasteiger partial charge in [0.2, 0.25) is 0 Å². The van der Waals surface area contributed by atoms with Crippen LogP contribution in [0.15, 0.2) is 0 Å². The molecule has 0 aliphatic carbocycles. The molecule has 0 saturated carbocycles. The van der Waals surface area contributed by atoms with E-state index in [1.165, 1.54) is 25.9 Å². The first-order valence-corrected chi connectivity index (χ1v) is 5.71. The van der Waals surface area contributed by atoms with Gasteiger partial charge in [0.25, 0.3) is 0 Å². The van der Waals surface area contributed by atoms with Gasteiger partial charge in [-0.15, -0.1) is 0 Å². The van der Waals surface area contributed by atoms with Crippen LogP contribution in [0.2, 0.25) is 0 Å². The molecule has 3 nitrogen and oxygen atoms in total. The monoisotopic (exact) mass is 200 g/mol. The molecule has 0 spiro atoms. The van der Waals surface area contributed by atoms with Crippen molar-refractivity contribution in [3.05, 3.63) is 0 Å². The first kappa shape index (κ1) is 12.0. The van der Waals surface area contributed by atoms with E-state index in [2.05, 4.69) is 11.8 Å². The Labute approximate surface area is 87.6 Å². The third kappa shape index (κ3) is 3.56. The van der Waals surface area contributed by atoms with Crippen molar-refractivity contribution in [2.75, 3.05) is 33.4 Å². The molecule has 0 aromatic carbocycles. The Bertz CT molecular complexity index is 144. The van der Waals surface area contributed by atoms with Crippen LogP contribution in [0.5, 0.6) is 0 Å². The number of rotatable bonds is 5. The van der Waals surface area contributed by atoms with Crippen molar-refractivity contribution in [2.45, 2.75) is 32.2 Å². The Hall–Kier alpha value is -0.120. The number of piperidine rings is 1. The second kappa shape index (κ2) is 6.38. The summed E-state index contributed by atoms with van der Waals surface area (Å²) >= 11 is 0. The predicted octanol–water partition coefficient (Wildman–Crippen LogP) is 1.08. The summed E-state index contributed by atoms with van der Waals surface area (Å²) in [6, 6.07) is 0.661. The van der Waals surface area contributed by atoms with Crippen molar-refractivity contribution in [1.82, 2.24) is 4.90 Å². The number of methoxy groups -OCH3 is 1. The topological polar surface area (TPSA) is 38.5 Å². The summed E-state index contributed by atoms with van der Waals surface area (Å²) < 4.78 is 5.10. The highest BCUT2D eigenvalue weighted by Crippen LogP contribution is 2.18. The molecule has 0 amide bonds. The van der Waals surface area contributed by atoms with E-state index in [0.717, 1.165) is 25.5 Å². The van der Waals surface area contributed by atoms with Gasteiger partial charge in [0.15, 0.2) is 0 Å². The zero-order valence-corrected chi connectivity index (χ0v) is 9.54. The van der Waals surface area contributed by atoms with E-state index >= 15 is 0 Å². The quantitative estimate of drug-likeness (QED) is 0.722.